The van der Waals surface area contributed by atoms with Crippen molar-refractivity contribution in [3.05, 3.63) is 17.3 Å². The normalized spacial score (nSPS) is 9.12. The number of rotatable bonds is 3. The second-order valence-corrected chi connectivity index (χ2v) is 2.70. The van der Waals surface area contributed by atoms with Crippen LogP contribution in [0.25, 0.3) is 0 Å². The maximum atomic E-state index is 11.4. The minimum absolute atomic E-state index is 0.0270. The van der Waals surface area contributed by atoms with Crippen LogP contribution in [0.5, 0.6) is 11.6 Å². The number of methoxy groups -OCH3 is 3. The molecular weight excluding hydrogens is 212 g/mol. The van der Waals surface area contributed by atoms with Crippen LogP contribution in [0.4, 0.5) is 0 Å². The van der Waals surface area contributed by atoms with Gasteiger partial charge in [-0.3, -0.25) is 0 Å². The van der Waals surface area contributed by atoms with Crippen LogP contribution in [0, 0.1) is 11.3 Å². The van der Waals surface area contributed by atoms with E-state index >= 15 is 0 Å². The molecule has 0 fully saturated rings. The maximum Gasteiger partial charge on any atom is 0.360 e. The summed E-state index contributed by atoms with van der Waals surface area (Å²) >= 11 is 0. The Hall–Kier alpha value is -2.29. The molecule has 0 aliphatic carbocycles. The van der Waals surface area contributed by atoms with Gasteiger partial charge in [0.1, 0.15) is 11.6 Å². The average Bonchev–Trinajstić information content (AvgIpc) is 2.35. The predicted octanol–water partition coefficient (Wildman–Crippen LogP) is 0.757. The first-order valence-electron chi connectivity index (χ1n) is 4.29. The van der Waals surface area contributed by atoms with E-state index in [1.54, 1.807) is 0 Å². The third-order valence-electron chi connectivity index (χ3n) is 1.87. The molecule has 0 radical (unpaired) electrons. The zero-order valence-electron chi connectivity index (χ0n) is 9.10. The van der Waals surface area contributed by atoms with Gasteiger partial charge in [0.25, 0.3) is 0 Å². The van der Waals surface area contributed by atoms with E-state index in [4.69, 9.17) is 14.7 Å². The van der Waals surface area contributed by atoms with Gasteiger partial charge < -0.3 is 14.2 Å². The van der Waals surface area contributed by atoms with E-state index in [1.807, 2.05) is 6.07 Å². The van der Waals surface area contributed by atoms with Gasteiger partial charge in [0.05, 0.1) is 21.3 Å². The highest BCUT2D eigenvalue weighted by atomic mass is 16.5. The van der Waals surface area contributed by atoms with Crippen LogP contribution in [0.3, 0.4) is 0 Å². The quantitative estimate of drug-likeness (QED) is 0.702. The third-order valence-corrected chi connectivity index (χ3v) is 1.87. The van der Waals surface area contributed by atoms with Crippen molar-refractivity contribution in [2.24, 2.45) is 0 Å². The fourth-order valence-electron chi connectivity index (χ4n) is 1.11. The van der Waals surface area contributed by atoms with E-state index in [1.165, 1.54) is 27.4 Å². The Kier molecular flexibility index (Phi) is 3.67. The molecule has 0 bridgehead atoms. The first-order valence-corrected chi connectivity index (χ1v) is 4.29. The van der Waals surface area contributed by atoms with E-state index in [0.717, 1.165) is 0 Å². The summed E-state index contributed by atoms with van der Waals surface area (Å²) in [7, 11) is 3.96. The highest BCUT2D eigenvalue weighted by Gasteiger charge is 2.19. The first kappa shape index (κ1) is 11.8. The zero-order valence-corrected chi connectivity index (χ0v) is 9.10. The summed E-state index contributed by atoms with van der Waals surface area (Å²) in [6.07, 6.45) is 0. The summed E-state index contributed by atoms with van der Waals surface area (Å²) in [5.41, 5.74) is 0.160. The van der Waals surface area contributed by atoms with Crippen molar-refractivity contribution < 1.29 is 19.0 Å². The van der Waals surface area contributed by atoms with Gasteiger partial charge in [-0.2, -0.15) is 5.26 Å². The van der Waals surface area contributed by atoms with E-state index in [-0.39, 0.29) is 22.9 Å². The number of hydrogen-bond acceptors (Lipinski definition) is 6. The number of esters is 1. The summed E-state index contributed by atoms with van der Waals surface area (Å²) in [6, 6.07) is 3.26. The molecule has 0 atom stereocenters. The molecule has 1 heterocycles. The lowest BCUT2D eigenvalue weighted by atomic mass is 10.2. The molecular formula is C10H10N2O4. The Morgan fingerprint density at radius 2 is 2.06 bits per heavy atom. The van der Waals surface area contributed by atoms with Crippen molar-refractivity contribution in [2.45, 2.75) is 0 Å². The summed E-state index contributed by atoms with van der Waals surface area (Å²) < 4.78 is 14.3. The molecule has 0 amide bonds. The molecule has 0 aliphatic rings. The standard InChI is InChI=1S/C10H10N2O4/c1-14-7-4-6(5-11)9(15-2)12-8(7)10(13)16-3/h4H,1-3H3. The highest BCUT2D eigenvalue weighted by molar-refractivity contribution is 5.90. The SMILES string of the molecule is COC(=O)c1nc(OC)c(C#N)cc1OC. The third kappa shape index (κ3) is 2.03. The number of carbonyl (C=O) groups excluding carboxylic acids is 1. The number of pyridine rings is 1. The number of carbonyl (C=O) groups is 1. The Morgan fingerprint density at radius 1 is 1.38 bits per heavy atom. The smallest absolute Gasteiger partial charge is 0.360 e. The van der Waals surface area contributed by atoms with Gasteiger partial charge in [-0.05, 0) is 0 Å². The highest BCUT2D eigenvalue weighted by Crippen LogP contribution is 2.24. The molecule has 0 aliphatic heterocycles. The monoisotopic (exact) mass is 222 g/mol. The fourth-order valence-corrected chi connectivity index (χ4v) is 1.11. The molecule has 0 spiro atoms. The molecule has 1 aromatic rings. The molecule has 0 saturated carbocycles. The van der Waals surface area contributed by atoms with E-state index in [9.17, 15) is 4.79 Å². The van der Waals surface area contributed by atoms with Gasteiger partial charge in [-0.25, -0.2) is 9.78 Å². The van der Waals surface area contributed by atoms with Crippen LogP contribution in [0.1, 0.15) is 16.1 Å². The van der Waals surface area contributed by atoms with Crippen molar-refractivity contribution >= 4 is 5.97 Å². The second-order valence-electron chi connectivity index (χ2n) is 2.70. The molecule has 16 heavy (non-hydrogen) atoms. The van der Waals surface area contributed by atoms with Gasteiger partial charge in [0.15, 0.2) is 11.4 Å². The van der Waals surface area contributed by atoms with Crippen LogP contribution in [-0.4, -0.2) is 32.3 Å². The molecule has 1 rings (SSSR count). The lowest BCUT2D eigenvalue weighted by molar-refractivity contribution is 0.0589. The Balaban J connectivity index is 3.38. The Bertz CT molecular complexity index is 451. The summed E-state index contributed by atoms with van der Waals surface area (Å²) in [4.78, 5) is 15.2. The van der Waals surface area contributed by atoms with Gasteiger partial charge in [-0.15, -0.1) is 0 Å². The maximum absolute atomic E-state index is 11.4. The van der Waals surface area contributed by atoms with Crippen LogP contribution < -0.4 is 9.47 Å². The number of nitrogens with zero attached hydrogens (tertiary/aromatic N) is 2. The summed E-state index contributed by atoms with van der Waals surface area (Å²) in [5.74, 6) is -0.424. The molecule has 0 saturated heterocycles. The minimum atomic E-state index is -0.653. The zero-order chi connectivity index (χ0) is 12.1. The molecule has 6 nitrogen and oxygen atoms in total. The summed E-state index contributed by atoms with van der Waals surface area (Å²) in [6.45, 7) is 0. The predicted molar refractivity (Wildman–Crippen MR) is 53.4 cm³/mol. The topological polar surface area (TPSA) is 81.4 Å². The van der Waals surface area contributed by atoms with Gasteiger partial charge >= 0.3 is 5.97 Å². The lowest BCUT2D eigenvalue weighted by Gasteiger charge is -2.08. The van der Waals surface area contributed by atoms with Crippen molar-refractivity contribution in [1.29, 1.82) is 5.26 Å². The number of aromatic nitrogens is 1. The van der Waals surface area contributed by atoms with Gasteiger partial charge in [-0.1, -0.05) is 0 Å². The summed E-state index contributed by atoms with van der Waals surface area (Å²) in [5, 5.41) is 8.81. The first-order chi connectivity index (χ1) is 7.67. The molecule has 0 aromatic carbocycles. The van der Waals surface area contributed by atoms with E-state index in [0.29, 0.717) is 0 Å². The van der Waals surface area contributed by atoms with Crippen molar-refractivity contribution in [3.63, 3.8) is 0 Å². The van der Waals surface area contributed by atoms with Crippen molar-refractivity contribution in [1.82, 2.24) is 4.98 Å². The van der Waals surface area contributed by atoms with Crippen LogP contribution in [0.15, 0.2) is 6.07 Å². The van der Waals surface area contributed by atoms with Crippen molar-refractivity contribution in [2.75, 3.05) is 21.3 Å². The largest absolute Gasteiger partial charge is 0.494 e. The minimum Gasteiger partial charge on any atom is -0.494 e. The number of nitriles is 1. The Morgan fingerprint density at radius 3 is 2.50 bits per heavy atom. The molecule has 1 aromatic heterocycles. The van der Waals surface area contributed by atoms with Crippen LogP contribution >= 0.6 is 0 Å². The van der Waals surface area contributed by atoms with Crippen molar-refractivity contribution in [3.8, 4) is 17.7 Å². The lowest BCUT2D eigenvalue weighted by Crippen LogP contribution is -2.08. The second kappa shape index (κ2) is 4.98. The average molecular weight is 222 g/mol. The van der Waals surface area contributed by atoms with Crippen LogP contribution in [-0.2, 0) is 4.74 Å². The molecule has 0 N–H and O–H groups in total. The molecule has 84 valence electrons. The van der Waals surface area contributed by atoms with Gasteiger partial charge in [0.2, 0.25) is 5.88 Å². The number of ether oxygens (including phenoxy) is 3. The van der Waals surface area contributed by atoms with E-state index in [2.05, 4.69) is 9.72 Å². The fraction of sp³-hybridized carbons (Fsp3) is 0.300. The Labute approximate surface area is 92.4 Å². The molecule has 6 heteroatoms. The van der Waals surface area contributed by atoms with Gasteiger partial charge in [0, 0.05) is 6.07 Å². The molecule has 0 unspecified atom stereocenters. The van der Waals surface area contributed by atoms with Crippen LogP contribution in [0.2, 0.25) is 0 Å². The van der Waals surface area contributed by atoms with E-state index < -0.39 is 5.97 Å². The number of hydrogen-bond donors (Lipinski definition) is 0.